The Morgan fingerprint density at radius 3 is 1.88 bits per heavy atom. The lowest BCUT2D eigenvalue weighted by molar-refractivity contribution is -0.174. The van der Waals surface area contributed by atoms with Crippen molar-refractivity contribution in [3.05, 3.63) is 0 Å². The minimum absolute atomic E-state index is 0.0417. The van der Waals surface area contributed by atoms with Gasteiger partial charge in [-0.15, -0.1) is 0 Å². The molecule has 0 saturated carbocycles. The molecule has 0 spiro atoms. The Labute approximate surface area is 145 Å². The molecule has 0 rings (SSSR count). The van der Waals surface area contributed by atoms with Crippen LogP contribution < -0.4 is 28.7 Å². The zero-order valence-electron chi connectivity index (χ0n) is 14.0. The van der Waals surface area contributed by atoms with Crippen LogP contribution in [0.3, 0.4) is 0 Å². The third-order valence-corrected chi connectivity index (χ3v) is 2.87. The summed E-state index contributed by atoms with van der Waals surface area (Å²) in [6, 6.07) is -0.891. The van der Waals surface area contributed by atoms with Crippen molar-refractivity contribution in [2.75, 3.05) is 19.9 Å². The average Bonchev–Trinajstić information content (AvgIpc) is 2.54. The quantitative estimate of drug-likeness (QED) is 0.0671. The summed E-state index contributed by atoms with van der Waals surface area (Å²) in [6.07, 6.45) is -0.0803. The molecular formula is C13H27N7O5. The maximum atomic E-state index is 11.6. The highest BCUT2D eigenvalue weighted by molar-refractivity contribution is 5.77. The number of ether oxygens (including phenoxy) is 2. The van der Waals surface area contributed by atoms with E-state index in [-0.39, 0.29) is 24.9 Å². The predicted molar refractivity (Wildman–Crippen MR) is 90.9 cm³/mol. The van der Waals surface area contributed by atoms with E-state index in [1.807, 2.05) is 0 Å². The van der Waals surface area contributed by atoms with E-state index in [4.69, 9.17) is 33.4 Å². The number of nitrogens with two attached hydrogens (primary N) is 5. The van der Waals surface area contributed by atoms with Gasteiger partial charge >= 0.3 is 11.9 Å². The minimum atomic E-state index is -1.36. The smallest absolute Gasteiger partial charge is 0.337 e. The summed E-state index contributed by atoms with van der Waals surface area (Å²) in [5.74, 6) is -1.77. The third kappa shape index (κ3) is 12.5. The highest BCUT2D eigenvalue weighted by Gasteiger charge is 2.18. The number of carbonyl (C=O) groups excluding carboxylic acids is 2. The number of rotatable bonds is 12. The summed E-state index contributed by atoms with van der Waals surface area (Å²) in [4.78, 5) is 30.5. The van der Waals surface area contributed by atoms with Gasteiger partial charge in [-0.1, -0.05) is 0 Å². The molecule has 0 amide bonds. The van der Waals surface area contributed by atoms with Gasteiger partial charge in [-0.3, -0.25) is 14.8 Å². The highest BCUT2D eigenvalue weighted by atomic mass is 16.7. The average molecular weight is 361 g/mol. The maximum absolute atomic E-state index is 11.6. The van der Waals surface area contributed by atoms with Crippen LogP contribution in [-0.4, -0.2) is 61.0 Å². The molecule has 0 bridgehead atoms. The summed E-state index contributed by atoms with van der Waals surface area (Å²) < 4.78 is 9.33. The number of guanidine groups is 2. The Morgan fingerprint density at radius 1 is 0.880 bits per heavy atom. The van der Waals surface area contributed by atoms with E-state index >= 15 is 0 Å². The van der Waals surface area contributed by atoms with Crippen molar-refractivity contribution < 1.29 is 24.2 Å². The molecule has 25 heavy (non-hydrogen) atoms. The second-order valence-corrected chi connectivity index (χ2v) is 5.06. The van der Waals surface area contributed by atoms with E-state index in [1.165, 1.54) is 0 Å². The van der Waals surface area contributed by atoms with Gasteiger partial charge in [0.25, 0.3) is 0 Å². The van der Waals surface area contributed by atoms with Crippen LogP contribution in [0.5, 0.6) is 0 Å². The number of nitrogens with zero attached hydrogens (tertiary/aromatic N) is 2. The van der Waals surface area contributed by atoms with Gasteiger partial charge in [0.15, 0.2) is 18.0 Å². The molecule has 0 aromatic carbocycles. The van der Waals surface area contributed by atoms with Crippen LogP contribution in [0.15, 0.2) is 9.98 Å². The third-order valence-electron chi connectivity index (χ3n) is 2.87. The molecule has 2 unspecified atom stereocenters. The first-order valence-electron chi connectivity index (χ1n) is 7.61. The van der Waals surface area contributed by atoms with Crippen molar-refractivity contribution >= 4 is 23.9 Å². The minimum Gasteiger partial charge on any atom is -0.427 e. The first-order valence-corrected chi connectivity index (χ1v) is 7.61. The first-order chi connectivity index (χ1) is 11.7. The second-order valence-electron chi connectivity index (χ2n) is 5.06. The lowest BCUT2D eigenvalue weighted by Crippen LogP contribution is -2.34. The predicted octanol–water partition coefficient (Wildman–Crippen LogP) is -3.17. The Balaban J connectivity index is 3.88. The molecule has 0 fully saturated rings. The molecule has 144 valence electrons. The molecule has 0 saturated heterocycles. The second kappa shape index (κ2) is 12.8. The zero-order chi connectivity index (χ0) is 19.2. The number of esters is 2. The van der Waals surface area contributed by atoms with Crippen molar-refractivity contribution in [1.82, 2.24) is 0 Å². The van der Waals surface area contributed by atoms with Gasteiger partial charge < -0.3 is 43.2 Å². The number of aliphatic imine (C=N–C) groups is 2. The number of hydrogen-bond donors (Lipinski definition) is 6. The zero-order valence-corrected chi connectivity index (χ0v) is 14.0. The fraction of sp³-hybridized carbons (Fsp3) is 0.692. The first kappa shape index (κ1) is 22.4. The van der Waals surface area contributed by atoms with E-state index in [0.717, 1.165) is 0 Å². The van der Waals surface area contributed by atoms with Gasteiger partial charge in [0, 0.05) is 13.1 Å². The van der Waals surface area contributed by atoms with Crippen LogP contribution >= 0.6 is 0 Å². The maximum Gasteiger partial charge on any atom is 0.337 e. The van der Waals surface area contributed by atoms with Crippen LogP contribution in [0.4, 0.5) is 0 Å². The molecule has 11 N–H and O–H groups in total. The van der Waals surface area contributed by atoms with Gasteiger partial charge in [-0.05, 0) is 25.7 Å². The van der Waals surface area contributed by atoms with Crippen molar-refractivity contribution in [3.8, 4) is 0 Å². The van der Waals surface area contributed by atoms with Gasteiger partial charge in [-0.25, -0.2) is 4.79 Å². The molecule has 2 atom stereocenters. The van der Waals surface area contributed by atoms with Crippen molar-refractivity contribution in [3.63, 3.8) is 0 Å². The molecule has 0 aromatic rings. The van der Waals surface area contributed by atoms with E-state index < -0.39 is 30.9 Å². The lowest BCUT2D eigenvalue weighted by atomic mass is 10.2. The molecule has 0 radical (unpaired) electrons. The van der Waals surface area contributed by atoms with E-state index in [9.17, 15) is 14.7 Å². The summed E-state index contributed by atoms with van der Waals surface area (Å²) in [5.41, 5.74) is 26.2. The van der Waals surface area contributed by atoms with Gasteiger partial charge in [0.1, 0.15) is 6.04 Å². The van der Waals surface area contributed by atoms with Gasteiger partial charge in [-0.2, -0.15) is 0 Å². The fourth-order valence-corrected chi connectivity index (χ4v) is 1.60. The molecule has 0 aliphatic carbocycles. The standard InChI is InChI=1S/C13H27N7O5/c14-8(3-1-5-19-12(15)16)10(22)24-7-25-11(23)9(21)4-2-6-20-13(17)18/h8-9,21H,1-7,14H2,(H4,15,16,19)(H4,17,18,20). The SMILES string of the molecule is NC(N)=NCCCC(N)C(=O)OCOC(=O)C(O)CCCN=C(N)N. The van der Waals surface area contributed by atoms with Crippen LogP contribution in [-0.2, 0) is 19.1 Å². The van der Waals surface area contributed by atoms with Crippen LogP contribution in [0.2, 0.25) is 0 Å². The van der Waals surface area contributed by atoms with E-state index in [0.29, 0.717) is 25.8 Å². The summed E-state index contributed by atoms with van der Waals surface area (Å²) >= 11 is 0. The van der Waals surface area contributed by atoms with Crippen molar-refractivity contribution in [2.24, 2.45) is 38.7 Å². The van der Waals surface area contributed by atoms with Gasteiger partial charge in [0.2, 0.25) is 6.79 Å². The topological polar surface area (TPSA) is 228 Å². The highest BCUT2D eigenvalue weighted by Crippen LogP contribution is 2.02. The normalized spacial score (nSPS) is 12.6. The van der Waals surface area contributed by atoms with E-state index in [2.05, 4.69) is 14.7 Å². The van der Waals surface area contributed by atoms with Crippen LogP contribution in [0, 0.1) is 0 Å². The number of hydrogen-bond acceptors (Lipinski definition) is 8. The Morgan fingerprint density at radius 2 is 1.36 bits per heavy atom. The Kier molecular flexibility index (Phi) is 11.4. The van der Waals surface area contributed by atoms with Crippen LogP contribution in [0.25, 0.3) is 0 Å². The molecule has 12 nitrogen and oxygen atoms in total. The largest absolute Gasteiger partial charge is 0.427 e. The molecule has 0 aromatic heterocycles. The van der Waals surface area contributed by atoms with Crippen LogP contribution in [0.1, 0.15) is 25.7 Å². The molecule has 12 heteroatoms. The number of aliphatic hydroxyl groups is 1. The van der Waals surface area contributed by atoms with Crippen molar-refractivity contribution in [2.45, 2.75) is 37.8 Å². The summed E-state index contributed by atoms with van der Waals surface area (Å²) in [6.45, 7) is -0.0229. The summed E-state index contributed by atoms with van der Waals surface area (Å²) in [7, 11) is 0. The summed E-state index contributed by atoms with van der Waals surface area (Å²) in [5, 5.41) is 9.56. The number of carbonyl (C=O) groups is 2. The van der Waals surface area contributed by atoms with E-state index in [1.54, 1.807) is 0 Å². The van der Waals surface area contributed by atoms with Gasteiger partial charge in [0.05, 0.1) is 0 Å². The monoisotopic (exact) mass is 361 g/mol. The Hall–Kier alpha value is -2.60. The fourth-order valence-electron chi connectivity index (χ4n) is 1.60. The van der Waals surface area contributed by atoms with Crippen molar-refractivity contribution in [1.29, 1.82) is 0 Å². The molecular weight excluding hydrogens is 334 g/mol. The molecule has 0 aliphatic rings. The lowest BCUT2D eigenvalue weighted by Gasteiger charge is -2.13. The number of aliphatic hydroxyl groups excluding tert-OH is 1. The molecule has 0 heterocycles. The Bertz CT molecular complexity index is 433. The molecule has 0 aliphatic heterocycles.